The van der Waals surface area contributed by atoms with E-state index in [9.17, 15) is 0 Å². The summed E-state index contributed by atoms with van der Waals surface area (Å²) in [5.74, 6) is 7.50. The van der Waals surface area contributed by atoms with Crippen LogP contribution in [0.5, 0.6) is 0 Å². The third-order valence-electron chi connectivity index (χ3n) is 9.44. The summed E-state index contributed by atoms with van der Waals surface area (Å²) in [6.45, 7) is 0. The molecule has 0 spiro atoms. The molecule has 0 atom stereocenters. The lowest BCUT2D eigenvalue weighted by atomic mass is 10.0. The monoisotopic (exact) mass is 637 g/mol. The summed E-state index contributed by atoms with van der Waals surface area (Å²) >= 11 is 0. The molecule has 7 aromatic carbocycles. The van der Waals surface area contributed by atoms with Crippen molar-refractivity contribution in [2.75, 3.05) is 0 Å². The van der Waals surface area contributed by atoms with Gasteiger partial charge in [-0.3, -0.25) is 4.57 Å². The van der Waals surface area contributed by atoms with Crippen LogP contribution in [-0.2, 0) is 0 Å². The Hall–Kier alpha value is -6.96. The third kappa shape index (κ3) is 4.64. The van der Waals surface area contributed by atoms with Crippen LogP contribution in [0.25, 0.3) is 83.0 Å². The first-order valence-corrected chi connectivity index (χ1v) is 16.7. The lowest BCUT2D eigenvalue weighted by molar-refractivity contribution is 0.669. The summed E-state index contributed by atoms with van der Waals surface area (Å²) in [5.41, 5.74) is 10.9. The zero-order chi connectivity index (χ0) is 33.0. The smallest absolute Gasteiger partial charge is 0.235 e. The molecule has 3 heterocycles. The molecule has 0 saturated carbocycles. The normalized spacial score (nSPS) is 11.4. The fourth-order valence-electron chi connectivity index (χ4n) is 7.07. The molecule has 0 unspecified atom stereocenters. The Morgan fingerprint density at radius 2 is 1.10 bits per heavy atom. The van der Waals surface area contributed by atoms with Crippen LogP contribution in [0, 0.1) is 11.8 Å². The Morgan fingerprint density at radius 3 is 2.00 bits per heavy atom. The Bertz CT molecular complexity index is 2990. The van der Waals surface area contributed by atoms with Gasteiger partial charge in [0.2, 0.25) is 5.95 Å². The number of rotatable bonds is 3. The van der Waals surface area contributed by atoms with E-state index in [0.29, 0.717) is 5.95 Å². The quantitative estimate of drug-likeness (QED) is 0.181. The first-order chi connectivity index (χ1) is 24.8. The van der Waals surface area contributed by atoms with E-state index >= 15 is 0 Å². The van der Waals surface area contributed by atoms with Crippen molar-refractivity contribution in [3.8, 4) is 40.2 Å². The highest BCUT2D eigenvalue weighted by molar-refractivity contribution is 6.10. The Kier molecular flexibility index (Phi) is 6.37. The van der Waals surface area contributed by atoms with Gasteiger partial charge < -0.3 is 4.42 Å². The molecule has 0 fully saturated rings. The molecule has 232 valence electrons. The van der Waals surface area contributed by atoms with Gasteiger partial charge in [-0.15, -0.1) is 0 Å². The summed E-state index contributed by atoms with van der Waals surface area (Å²) in [4.78, 5) is 10.3. The van der Waals surface area contributed by atoms with E-state index in [1.54, 1.807) is 0 Å². The predicted octanol–water partition coefficient (Wildman–Crippen LogP) is 11.4. The van der Waals surface area contributed by atoms with Gasteiger partial charge >= 0.3 is 0 Å². The number of hydrogen-bond donors (Lipinski definition) is 0. The van der Waals surface area contributed by atoms with Gasteiger partial charge in [0.25, 0.3) is 0 Å². The SMILES string of the molecule is C(#Cc1ccc2c(c1)c1ccccc1n2-c1nc(-c2ccccc2)c2ccccc2n1)c1cccc(-c2ccc3c(c2)oc2ccccc23)c1. The van der Waals surface area contributed by atoms with E-state index in [4.69, 9.17) is 14.4 Å². The molecule has 50 heavy (non-hydrogen) atoms. The highest BCUT2D eigenvalue weighted by atomic mass is 16.3. The summed E-state index contributed by atoms with van der Waals surface area (Å²) in [5, 5.41) is 5.53. The minimum Gasteiger partial charge on any atom is -0.456 e. The molecule has 0 aliphatic heterocycles. The highest BCUT2D eigenvalue weighted by Crippen LogP contribution is 2.35. The fourth-order valence-corrected chi connectivity index (χ4v) is 7.07. The molecule has 0 bridgehead atoms. The maximum Gasteiger partial charge on any atom is 0.235 e. The molecule has 0 aliphatic carbocycles. The van der Waals surface area contributed by atoms with E-state index in [0.717, 1.165) is 88.2 Å². The maximum atomic E-state index is 6.15. The zero-order valence-corrected chi connectivity index (χ0v) is 26.8. The number of aromatic nitrogens is 3. The van der Waals surface area contributed by atoms with Crippen LogP contribution in [0.15, 0.2) is 168 Å². The predicted molar refractivity (Wildman–Crippen MR) is 204 cm³/mol. The van der Waals surface area contributed by atoms with Gasteiger partial charge in [0.15, 0.2) is 0 Å². The summed E-state index contributed by atoms with van der Waals surface area (Å²) in [6, 6.07) is 56.3. The van der Waals surface area contributed by atoms with Crippen LogP contribution in [0.1, 0.15) is 11.1 Å². The minimum absolute atomic E-state index is 0.644. The Balaban J connectivity index is 1.05. The van der Waals surface area contributed by atoms with Crippen LogP contribution in [0.4, 0.5) is 0 Å². The highest BCUT2D eigenvalue weighted by Gasteiger charge is 2.17. The number of benzene rings is 7. The second kappa shape index (κ2) is 11.3. The van der Waals surface area contributed by atoms with Crippen molar-refractivity contribution in [2.24, 2.45) is 0 Å². The second-order valence-electron chi connectivity index (χ2n) is 12.5. The minimum atomic E-state index is 0.644. The number of fused-ring (bicyclic) bond motifs is 7. The molecule has 3 aromatic heterocycles. The van der Waals surface area contributed by atoms with E-state index in [1.165, 1.54) is 0 Å². The molecule has 4 heteroatoms. The topological polar surface area (TPSA) is 43.9 Å². The summed E-state index contributed by atoms with van der Waals surface area (Å²) < 4.78 is 8.32. The molecule has 0 amide bonds. The molecule has 4 nitrogen and oxygen atoms in total. The number of nitrogens with zero attached hydrogens (tertiary/aromatic N) is 3. The zero-order valence-electron chi connectivity index (χ0n) is 26.8. The molecule has 0 N–H and O–H groups in total. The average Bonchev–Trinajstić information content (AvgIpc) is 3.72. The van der Waals surface area contributed by atoms with Gasteiger partial charge in [-0.05, 0) is 71.8 Å². The third-order valence-corrected chi connectivity index (χ3v) is 9.44. The van der Waals surface area contributed by atoms with E-state index in [1.807, 2.05) is 48.5 Å². The van der Waals surface area contributed by atoms with Crippen molar-refractivity contribution in [2.45, 2.75) is 0 Å². The van der Waals surface area contributed by atoms with Crippen molar-refractivity contribution >= 4 is 54.6 Å². The summed E-state index contributed by atoms with van der Waals surface area (Å²) in [6.07, 6.45) is 0. The first-order valence-electron chi connectivity index (χ1n) is 16.7. The lowest BCUT2D eigenvalue weighted by Gasteiger charge is -2.11. The number of para-hydroxylation sites is 3. The number of furan rings is 1. The van der Waals surface area contributed by atoms with Crippen LogP contribution < -0.4 is 0 Å². The lowest BCUT2D eigenvalue weighted by Crippen LogP contribution is -2.03. The first kappa shape index (κ1) is 28.1. The van der Waals surface area contributed by atoms with E-state index < -0.39 is 0 Å². The van der Waals surface area contributed by atoms with Gasteiger partial charge in [-0.1, -0.05) is 115 Å². The molecule has 10 aromatic rings. The molecular weight excluding hydrogens is 611 g/mol. The standard InChI is InChI=1S/C46H27N3O/c1-2-12-32(13-3-1)45-38-17-4-7-18-40(38)47-46(48-45)49-41-19-8-5-15-35(41)39-28-31(23-26-42(39)49)22-21-30-11-10-14-33(27-30)34-24-25-37-36-16-6-9-20-43(36)50-44(37)29-34/h1-20,23-29H. The fraction of sp³-hybridized carbons (Fsp3) is 0. The van der Waals surface area contributed by atoms with Crippen LogP contribution >= 0.6 is 0 Å². The summed E-state index contributed by atoms with van der Waals surface area (Å²) in [7, 11) is 0. The molecule has 0 saturated heterocycles. The van der Waals surface area contributed by atoms with Crippen molar-refractivity contribution < 1.29 is 4.42 Å². The van der Waals surface area contributed by atoms with Crippen molar-refractivity contribution in [1.82, 2.24) is 14.5 Å². The Labute approximate surface area is 287 Å². The molecule has 0 aliphatic rings. The molecule has 10 rings (SSSR count). The van der Waals surface area contributed by atoms with Crippen LogP contribution in [0.2, 0.25) is 0 Å². The van der Waals surface area contributed by atoms with Gasteiger partial charge in [-0.2, -0.15) is 0 Å². The maximum absolute atomic E-state index is 6.15. The van der Waals surface area contributed by atoms with Crippen molar-refractivity contribution in [3.05, 3.63) is 175 Å². The Morgan fingerprint density at radius 1 is 0.420 bits per heavy atom. The second-order valence-corrected chi connectivity index (χ2v) is 12.5. The van der Waals surface area contributed by atoms with E-state index in [-0.39, 0.29) is 0 Å². The molecular formula is C46H27N3O. The van der Waals surface area contributed by atoms with Crippen LogP contribution in [0.3, 0.4) is 0 Å². The van der Waals surface area contributed by atoms with Crippen LogP contribution in [-0.4, -0.2) is 14.5 Å². The molecule has 0 radical (unpaired) electrons. The van der Waals surface area contributed by atoms with Gasteiger partial charge in [0, 0.05) is 43.6 Å². The van der Waals surface area contributed by atoms with Crippen molar-refractivity contribution in [1.29, 1.82) is 0 Å². The van der Waals surface area contributed by atoms with Gasteiger partial charge in [-0.25, -0.2) is 9.97 Å². The number of hydrogen-bond acceptors (Lipinski definition) is 3. The van der Waals surface area contributed by atoms with Crippen molar-refractivity contribution in [3.63, 3.8) is 0 Å². The van der Waals surface area contributed by atoms with E-state index in [2.05, 4.69) is 132 Å². The largest absolute Gasteiger partial charge is 0.456 e. The average molecular weight is 638 g/mol. The van der Waals surface area contributed by atoms with Gasteiger partial charge in [0.05, 0.1) is 22.2 Å². The van der Waals surface area contributed by atoms with Gasteiger partial charge in [0.1, 0.15) is 11.2 Å².